The standard InChI is InChI=1S/C33H28FN5O2S/c1-22-9-5-6-13-27(22)32-30-31(23-10-3-2-4-11-23)37-39(26-16-14-24(34)15-17-26)33(30)38(29(41)21-42-32)20-28(40)36-19-25-12-7-8-18-35-25/h2-18,32H,19-21H2,1H3,(H,36,40)/t32-/m0/s1. The number of fused-ring (bicyclic) bond motifs is 1. The third kappa shape index (κ3) is 5.56. The number of nitrogens with one attached hydrogen (secondary N) is 1. The largest absolute Gasteiger partial charge is 0.349 e. The van der Waals surface area contributed by atoms with Crippen LogP contribution in [-0.2, 0) is 16.1 Å². The van der Waals surface area contributed by atoms with E-state index in [9.17, 15) is 14.0 Å². The number of thioether (sulfide) groups is 1. The molecule has 2 aromatic heterocycles. The fourth-order valence-corrected chi connectivity index (χ4v) is 6.40. The molecule has 0 aliphatic carbocycles. The number of nitrogens with zero attached hydrogens (tertiary/aromatic N) is 4. The molecule has 0 spiro atoms. The van der Waals surface area contributed by atoms with E-state index in [1.54, 1.807) is 23.0 Å². The van der Waals surface area contributed by atoms with Crippen molar-refractivity contribution < 1.29 is 14.0 Å². The highest BCUT2D eigenvalue weighted by atomic mass is 32.2. The Balaban J connectivity index is 1.52. The van der Waals surface area contributed by atoms with Gasteiger partial charge in [0.15, 0.2) is 0 Å². The summed E-state index contributed by atoms with van der Waals surface area (Å²) in [5, 5.41) is 7.69. The lowest BCUT2D eigenvalue weighted by Crippen LogP contribution is -2.42. The highest BCUT2D eigenvalue weighted by Gasteiger charge is 2.38. The molecule has 210 valence electrons. The van der Waals surface area contributed by atoms with Crippen molar-refractivity contribution >= 4 is 29.4 Å². The summed E-state index contributed by atoms with van der Waals surface area (Å²) in [4.78, 5) is 32.9. The number of aryl methyl sites for hydroxylation is 1. The molecule has 0 unspecified atom stereocenters. The first-order chi connectivity index (χ1) is 20.5. The fraction of sp³-hybridized carbons (Fsp3) is 0.152. The van der Waals surface area contributed by atoms with Crippen LogP contribution < -0.4 is 10.2 Å². The number of anilines is 1. The summed E-state index contributed by atoms with van der Waals surface area (Å²) in [5.74, 6) is -0.258. The third-order valence-electron chi connectivity index (χ3n) is 7.17. The van der Waals surface area contributed by atoms with Crippen LogP contribution in [0.25, 0.3) is 16.9 Å². The number of rotatable bonds is 7. The summed E-state index contributed by atoms with van der Waals surface area (Å²) < 4.78 is 15.6. The molecule has 1 atom stereocenters. The first kappa shape index (κ1) is 27.4. The highest BCUT2D eigenvalue weighted by Crippen LogP contribution is 2.49. The van der Waals surface area contributed by atoms with Gasteiger partial charge in [-0.1, -0.05) is 60.7 Å². The zero-order valence-electron chi connectivity index (χ0n) is 22.9. The highest BCUT2D eigenvalue weighted by molar-refractivity contribution is 8.00. The summed E-state index contributed by atoms with van der Waals surface area (Å²) in [5.41, 5.74) is 5.85. The number of hydrogen-bond donors (Lipinski definition) is 1. The van der Waals surface area contributed by atoms with Gasteiger partial charge in [-0.3, -0.25) is 19.5 Å². The molecule has 0 saturated carbocycles. The minimum absolute atomic E-state index is 0.166. The molecule has 9 heteroatoms. The van der Waals surface area contributed by atoms with E-state index < -0.39 is 0 Å². The lowest BCUT2D eigenvalue weighted by Gasteiger charge is -2.23. The number of pyridine rings is 1. The van der Waals surface area contributed by atoms with Crippen LogP contribution in [0, 0.1) is 12.7 Å². The van der Waals surface area contributed by atoms with Crippen LogP contribution in [0.2, 0.25) is 0 Å². The summed E-state index contributed by atoms with van der Waals surface area (Å²) in [6.07, 6.45) is 1.67. The zero-order valence-corrected chi connectivity index (χ0v) is 23.7. The average Bonchev–Trinajstić information content (AvgIpc) is 3.34. The molecule has 2 amide bonds. The maximum atomic E-state index is 14.0. The molecular weight excluding hydrogens is 549 g/mol. The topological polar surface area (TPSA) is 80.1 Å². The van der Waals surface area contributed by atoms with Gasteiger partial charge in [-0.25, -0.2) is 9.07 Å². The monoisotopic (exact) mass is 577 g/mol. The summed E-state index contributed by atoms with van der Waals surface area (Å²) in [6.45, 7) is 2.08. The normalized spacial score (nSPS) is 14.8. The van der Waals surface area contributed by atoms with Crippen LogP contribution in [-0.4, -0.2) is 38.9 Å². The number of halogens is 1. The molecule has 1 aliphatic rings. The molecule has 3 aromatic carbocycles. The number of amides is 2. The molecule has 6 rings (SSSR count). The van der Waals surface area contributed by atoms with E-state index >= 15 is 0 Å². The Hall–Kier alpha value is -4.76. The molecule has 5 aromatic rings. The predicted molar refractivity (Wildman–Crippen MR) is 163 cm³/mol. The minimum atomic E-state index is -0.379. The van der Waals surface area contributed by atoms with Crippen LogP contribution in [0.5, 0.6) is 0 Å². The summed E-state index contributed by atoms with van der Waals surface area (Å²) in [7, 11) is 0. The lowest BCUT2D eigenvalue weighted by molar-refractivity contribution is -0.123. The van der Waals surface area contributed by atoms with Crippen LogP contribution >= 0.6 is 11.8 Å². The molecule has 0 fully saturated rings. The molecule has 0 saturated heterocycles. The number of carbonyl (C=O) groups excluding carboxylic acids is 2. The van der Waals surface area contributed by atoms with Crippen molar-refractivity contribution in [3.8, 4) is 16.9 Å². The van der Waals surface area contributed by atoms with E-state index in [4.69, 9.17) is 5.10 Å². The SMILES string of the molecule is Cc1ccccc1[C@@H]1SCC(=O)N(CC(=O)NCc2ccccn2)c2c1c(-c1ccccc1)nn2-c1ccc(F)cc1. The van der Waals surface area contributed by atoms with Gasteiger partial charge >= 0.3 is 0 Å². The summed E-state index contributed by atoms with van der Waals surface area (Å²) >= 11 is 1.52. The van der Waals surface area contributed by atoms with Crippen molar-refractivity contribution in [2.45, 2.75) is 18.7 Å². The van der Waals surface area contributed by atoms with Crippen molar-refractivity contribution in [1.29, 1.82) is 0 Å². The van der Waals surface area contributed by atoms with Gasteiger partial charge in [-0.05, 0) is 54.4 Å². The molecule has 3 heterocycles. The zero-order chi connectivity index (χ0) is 29.1. The predicted octanol–water partition coefficient (Wildman–Crippen LogP) is 5.87. The lowest BCUT2D eigenvalue weighted by atomic mass is 9.97. The molecule has 1 N–H and O–H groups in total. The van der Waals surface area contributed by atoms with E-state index in [0.717, 1.165) is 22.3 Å². The van der Waals surface area contributed by atoms with Gasteiger partial charge in [0.1, 0.15) is 18.2 Å². The minimum Gasteiger partial charge on any atom is -0.349 e. The molecule has 7 nitrogen and oxygen atoms in total. The van der Waals surface area contributed by atoms with Crippen molar-refractivity contribution in [1.82, 2.24) is 20.1 Å². The summed E-state index contributed by atoms with van der Waals surface area (Å²) in [6, 6.07) is 29.4. The van der Waals surface area contributed by atoms with Gasteiger partial charge in [-0.15, -0.1) is 11.8 Å². The Kier molecular flexibility index (Phi) is 7.83. The maximum absolute atomic E-state index is 14.0. The van der Waals surface area contributed by atoms with Gasteiger partial charge in [0, 0.05) is 17.3 Å². The molecule has 1 aliphatic heterocycles. The van der Waals surface area contributed by atoms with Gasteiger partial charge in [0.2, 0.25) is 11.8 Å². The first-order valence-corrected chi connectivity index (χ1v) is 14.6. The second-order valence-electron chi connectivity index (χ2n) is 9.97. The maximum Gasteiger partial charge on any atom is 0.240 e. The average molecular weight is 578 g/mol. The smallest absolute Gasteiger partial charge is 0.240 e. The van der Waals surface area contributed by atoms with Gasteiger partial charge in [0.25, 0.3) is 0 Å². The van der Waals surface area contributed by atoms with Gasteiger partial charge < -0.3 is 5.32 Å². The van der Waals surface area contributed by atoms with Crippen LogP contribution in [0.1, 0.15) is 27.6 Å². The number of aromatic nitrogens is 3. The Morgan fingerprint density at radius 2 is 1.71 bits per heavy atom. The van der Waals surface area contributed by atoms with E-state index in [1.807, 2.05) is 60.7 Å². The Morgan fingerprint density at radius 1 is 0.976 bits per heavy atom. The van der Waals surface area contributed by atoms with E-state index in [2.05, 4.69) is 29.4 Å². The quantitative estimate of drug-likeness (QED) is 0.262. The third-order valence-corrected chi connectivity index (χ3v) is 8.41. The van der Waals surface area contributed by atoms with E-state index in [-0.39, 0.29) is 41.7 Å². The van der Waals surface area contributed by atoms with E-state index in [0.29, 0.717) is 22.9 Å². The van der Waals surface area contributed by atoms with Crippen LogP contribution in [0.4, 0.5) is 10.2 Å². The number of hydrogen-bond acceptors (Lipinski definition) is 5. The van der Waals surface area contributed by atoms with E-state index in [1.165, 1.54) is 28.8 Å². The van der Waals surface area contributed by atoms with Crippen LogP contribution in [0.15, 0.2) is 103 Å². The second-order valence-corrected chi connectivity index (χ2v) is 11.1. The Labute approximate surface area is 247 Å². The Morgan fingerprint density at radius 3 is 2.45 bits per heavy atom. The number of carbonyl (C=O) groups is 2. The number of benzene rings is 3. The second kappa shape index (κ2) is 12.0. The molecule has 42 heavy (non-hydrogen) atoms. The molecular formula is C33H28FN5O2S. The first-order valence-electron chi connectivity index (χ1n) is 13.6. The van der Waals surface area contributed by atoms with Gasteiger partial charge in [0.05, 0.1) is 34.6 Å². The van der Waals surface area contributed by atoms with Crippen molar-refractivity contribution in [2.24, 2.45) is 0 Å². The van der Waals surface area contributed by atoms with Crippen molar-refractivity contribution in [2.75, 3.05) is 17.2 Å². The van der Waals surface area contributed by atoms with Gasteiger partial charge in [-0.2, -0.15) is 5.10 Å². The molecule has 0 bridgehead atoms. The van der Waals surface area contributed by atoms with Crippen molar-refractivity contribution in [3.63, 3.8) is 0 Å². The van der Waals surface area contributed by atoms with Crippen LogP contribution in [0.3, 0.4) is 0 Å². The van der Waals surface area contributed by atoms with Crippen molar-refractivity contribution in [3.05, 3.63) is 131 Å². The fourth-order valence-electron chi connectivity index (χ4n) is 5.11. The Bertz CT molecular complexity index is 1730. The molecule has 0 radical (unpaired) electrons.